The van der Waals surface area contributed by atoms with Crippen molar-refractivity contribution in [2.45, 2.75) is 18.8 Å². The van der Waals surface area contributed by atoms with Crippen molar-refractivity contribution in [1.82, 2.24) is 0 Å². The van der Waals surface area contributed by atoms with Crippen molar-refractivity contribution in [3.05, 3.63) is 170 Å². The molecule has 6 aromatic rings. The number of nitrogens with zero attached hydrogens (tertiary/aromatic N) is 6. The fourth-order valence-corrected chi connectivity index (χ4v) is 9.80. The van der Waals surface area contributed by atoms with Crippen LogP contribution in [0.4, 0.5) is 27.6 Å². The molecule has 0 atom stereocenters. The Morgan fingerprint density at radius 1 is 0.574 bits per heavy atom. The van der Waals surface area contributed by atoms with Gasteiger partial charge in [-0.3, -0.25) is 9.59 Å². The molecule has 2 aliphatic carbocycles. The lowest BCUT2D eigenvalue weighted by molar-refractivity contribution is -0.183. The average molecular weight is 945 g/mol. The fourth-order valence-electron chi connectivity index (χ4n) is 7.60. The number of fused-ring (bicyclic) bond motifs is 5. The highest BCUT2D eigenvalue weighted by Crippen LogP contribution is 2.57. The maximum atomic E-state index is 14.8. The zero-order valence-electron chi connectivity index (χ0n) is 34.0. The summed E-state index contributed by atoms with van der Waals surface area (Å²) in [5.41, 5.74) is -6.67. The van der Waals surface area contributed by atoms with E-state index in [-0.39, 0.29) is 66.5 Å². The van der Waals surface area contributed by atoms with E-state index in [4.69, 9.17) is 14.2 Å². The maximum Gasteiger partial charge on any atom is 0.367 e. The molecule has 0 amide bonds. The highest BCUT2D eigenvalue weighted by Gasteiger charge is 2.59. The molecule has 9 rings (SSSR count). The van der Waals surface area contributed by atoms with Gasteiger partial charge >= 0.3 is 17.5 Å². The van der Waals surface area contributed by atoms with Crippen LogP contribution in [0.1, 0.15) is 48.5 Å². The van der Waals surface area contributed by atoms with Gasteiger partial charge in [-0.2, -0.15) is 21.0 Å². The molecule has 0 saturated heterocycles. The van der Waals surface area contributed by atoms with Crippen molar-refractivity contribution >= 4 is 78.8 Å². The lowest BCUT2D eigenvalue weighted by Gasteiger charge is -2.33. The van der Waals surface area contributed by atoms with Gasteiger partial charge in [-0.05, 0) is 41.5 Å². The van der Waals surface area contributed by atoms with Gasteiger partial charge in [0.2, 0.25) is 11.6 Å². The number of rotatable bonds is 8. The third-order valence-corrected chi connectivity index (χ3v) is 12.9. The molecule has 0 unspecified atom stereocenters. The minimum absolute atomic E-state index is 0.0532. The molecule has 0 bridgehead atoms. The van der Waals surface area contributed by atoms with Crippen LogP contribution in [-0.2, 0) is 37.9 Å². The molecule has 328 valence electrons. The molecule has 19 heteroatoms. The van der Waals surface area contributed by atoms with Gasteiger partial charge in [0.25, 0.3) is 0 Å². The monoisotopic (exact) mass is 944 g/mol. The molecule has 1 aliphatic heterocycles. The Balaban J connectivity index is 1.25. The maximum absolute atomic E-state index is 14.8. The van der Waals surface area contributed by atoms with Crippen molar-refractivity contribution in [1.29, 1.82) is 21.0 Å². The van der Waals surface area contributed by atoms with Crippen LogP contribution in [0.25, 0.3) is 20.9 Å². The van der Waals surface area contributed by atoms with Gasteiger partial charge < -0.3 is 14.2 Å². The van der Waals surface area contributed by atoms with E-state index < -0.39 is 86.1 Å². The average Bonchev–Trinajstić information content (AvgIpc) is 4.09. The van der Waals surface area contributed by atoms with E-state index in [1.165, 1.54) is 12.1 Å². The molecule has 0 saturated carbocycles. The van der Waals surface area contributed by atoms with Gasteiger partial charge in [0.05, 0.1) is 9.75 Å². The number of esters is 2. The number of carbonyl (C=O) groups excluding carboxylic acids is 4. The summed E-state index contributed by atoms with van der Waals surface area (Å²) in [5.74, 6) is -10.3. The van der Waals surface area contributed by atoms with Crippen molar-refractivity contribution in [2.75, 3.05) is 0 Å². The minimum Gasteiger partial charge on any atom is -0.458 e. The van der Waals surface area contributed by atoms with Gasteiger partial charge in [0, 0.05) is 45.0 Å². The standard InChI is InChI=1S/C49H20F4N6O7S2/c50-32-11-27-29(13-34(32)52)43(60)41(39(27)25(17-54)18-55)58-37-15-31-45(67-37)46-36(16-38(68-46)59-42-40(26(19-56)20-57)28-12-33(51)35(53)14-30(28)44(42)61)66-49(31,47(62)64-21-23-7-3-1-4-8-23)48(63)65-22-24-9-5-2-6-10-24/h1-16H,21-22H2/b58-41-,59-42-. The van der Waals surface area contributed by atoms with E-state index in [0.717, 1.165) is 22.7 Å². The number of benzene rings is 4. The number of nitriles is 4. The first-order chi connectivity index (χ1) is 32.8. The van der Waals surface area contributed by atoms with Crippen LogP contribution in [0.5, 0.6) is 5.75 Å². The summed E-state index contributed by atoms with van der Waals surface area (Å²) in [6.45, 7) is -0.752. The number of ketones is 2. The summed E-state index contributed by atoms with van der Waals surface area (Å²) in [5, 5.41) is 39.2. The predicted molar refractivity (Wildman–Crippen MR) is 234 cm³/mol. The molecule has 0 spiro atoms. The van der Waals surface area contributed by atoms with Gasteiger partial charge in [0.15, 0.2) is 23.3 Å². The van der Waals surface area contributed by atoms with Crippen LogP contribution in [0.2, 0.25) is 0 Å². The molecule has 2 aromatic heterocycles. The Hall–Kier alpha value is -9.14. The quantitative estimate of drug-likeness (QED) is 0.0606. The number of carbonyl (C=O) groups is 4. The Kier molecular flexibility index (Phi) is 11.2. The SMILES string of the molecule is N#CC(C#N)=C1/C(=N/c2cc3c(s2)-c2sc(/N=C4\C(=O)c5cc(F)c(F)cc5C4=C(C#N)C#N)cc2C(C(=O)OCc2ccccc2)(C(=O)OCc2ccccc2)O3)C(=O)c2cc(F)c(F)cc21. The fraction of sp³-hybridized carbons (Fsp3) is 0.0612. The van der Waals surface area contributed by atoms with Crippen LogP contribution in [0, 0.1) is 68.6 Å². The number of halogens is 4. The summed E-state index contributed by atoms with van der Waals surface area (Å²) >= 11 is 1.55. The molecular weight excluding hydrogens is 925 g/mol. The molecule has 0 fully saturated rings. The molecule has 13 nitrogen and oxygen atoms in total. The second kappa shape index (κ2) is 17.3. The molecule has 0 N–H and O–H groups in total. The largest absolute Gasteiger partial charge is 0.458 e. The Bertz CT molecular complexity index is 3480. The Morgan fingerprint density at radius 2 is 0.971 bits per heavy atom. The molecular formula is C49H20F4N6O7S2. The summed E-state index contributed by atoms with van der Waals surface area (Å²) in [6, 6.07) is 28.3. The van der Waals surface area contributed by atoms with E-state index in [9.17, 15) is 57.8 Å². The van der Waals surface area contributed by atoms with Crippen molar-refractivity contribution < 1.29 is 51.0 Å². The Labute approximate surface area is 388 Å². The van der Waals surface area contributed by atoms with Crippen LogP contribution in [0.15, 0.2) is 118 Å². The highest BCUT2D eigenvalue weighted by molar-refractivity contribution is 7.26. The van der Waals surface area contributed by atoms with Crippen molar-refractivity contribution in [3.63, 3.8) is 0 Å². The second-order valence-electron chi connectivity index (χ2n) is 14.7. The third-order valence-electron chi connectivity index (χ3n) is 10.7. The lowest BCUT2D eigenvalue weighted by Crippen LogP contribution is -2.51. The zero-order valence-corrected chi connectivity index (χ0v) is 35.7. The molecule has 3 aliphatic rings. The first-order valence-corrected chi connectivity index (χ1v) is 21.2. The molecule has 4 aromatic carbocycles. The van der Waals surface area contributed by atoms with Crippen LogP contribution in [0.3, 0.4) is 0 Å². The van der Waals surface area contributed by atoms with E-state index in [1.807, 2.05) is 0 Å². The summed E-state index contributed by atoms with van der Waals surface area (Å²) in [4.78, 5) is 66.3. The minimum atomic E-state index is -2.83. The number of aliphatic imine (C=N–C) groups is 2. The van der Waals surface area contributed by atoms with Crippen LogP contribution in [-0.4, -0.2) is 34.9 Å². The van der Waals surface area contributed by atoms with Gasteiger partial charge in [-0.25, -0.2) is 37.1 Å². The normalized spacial score (nSPS) is 14.9. The number of Topliss-reactive ketones (excluding diaryl/α,β-unsaturated/α-hetero) is 2. The van der Waals surface area contributed by atoms with E-state index >= 15 is 0 Å². The summed E-state index contributed by atoms with van der Waals surface area (Å²) < 4.78 is 76.1. The lowest BCUT2D eigenvalue weighted by atomic mass is 9.91. The van der Waals surface area contributed by atoms with E-state index in [0.29, 0.717) is 35.4 Å². The molecule has 3 heterocycles. The predicted octanol–water partition coefficient (Wildman–Crippen LogP) is 9.65. The van der Waals surface area contributed by atoms with Crippen LogP contribution >= 0.6 is 22.7 Å². The smallest absolute Gasteiger partial charge is 0.367 e. The first-order valence-electron chi connectivity index (χ1n) is 19.6. The second-order valence-corrected chi connectivity index (χ2v) is 16.7. The molecule has 68 heavy (non-hydrogen) atoms. The van der Waals surface area contributed by atoms with Gasteiger partial charge in [-0.1, -0.05) is 60.7 Å². The van der Waals surface area contributed by atoms with Crippen LogP contribution < -0.4 is 4.74 Å². The summed E-state index contributed by atoms with van der Waals surface area (Å²) in [6.07, 6.45) is 0. The Morgan fingerprint density at radius 3 is 1.40 bits per heavy atom. The first kappa shape index (κ1) is 44.1. The number of thiophene rings is 2. The summed E-state index contributed by atoms with van der Waals surface area (Å²) in [7, 11) is 0. The number of hydrogen-bond acceptors (Lipinski definition) is 15. The van der Waals surface area contributed by atoms with E-state index in [2.05, 4.69) is 9.98 Å². The number of hydrogen-bond donors (Lipinski definition) is 0. The number of allylic oxidation sites excluding steroid dienone is 4. The molecule has 0 radical (unpaired) electrons. The van der Waals surface area contributed by atoms with Crippen molar-refractivity contribution in [2.24, 2.45) is 9.98 Å². The zero-order chi connectivity index (χ0) is 48.0. The van der Waals surface area contributed by atoms with Gasteiger partial charge in [0.1, 0.15) is 75.8 Å². The van der Waals surface area contributed by atoms with Gasteiger partial charge in [-0.15, -0.1) is 22.7 Å². The van der Waals surface area contributed by atoms with Crippen molar-refractivity contribution in [3.8, 4) is 39.8 Å². The topological polar surface area (TPSA) is 216 Å². The third kappa shape index (κ3) is 7.30. The van der Waals surface area contributed by atoms with E-state index in [1.54, 1.807) is 84.9 Å². The number of ether oxygens (including phenoxy) is 3. The highest BCUT2D eigenvalue weighted by atomic mass is 32.1.